The molecule has 3 heterocycles. The van der Waals surface area contributed by atoms with Gasteiger partial charge >= 0.3 is 0 Å². The van der Waals surface area contributed by atoms with Crippen LogP contribution in [0, 0.1) is 0 Å². The van der Waals surface area contributed by atoms with Crippen molar-refractivity contribution in [1.82, 2.24) is 14.7 Å². The lowest BCUT2D eigenvalue weighted by atomic mass is 10.2. The van der Waals surface area contributed by atoms with E-state index in [1.54, 1.807) is 23.1 Å². The molecule has 0 atom stereocenters. The van der Waals surface area contributed by atoms with E-state index >= 15 is 0 Å². The molecule has 4 aromatic rings. The summed E-state index contributed by atoms with van der Waals surface area (Å²) in [5.41, 5.74) is 1.65. The first kappa shape index (κ1) is 15.8. The highest BCUT2D eigenvalue weighted by atomic mass is 32.2. The normalized spacial score (nSPS) is 14.2. The second kappa shape index (κ2) is 6.41. The zero-order valence-electron chi connectivity index (χ0n) is 13.8. The number of para-hydroxylation sites is 1. The lowest BCUT2D eigenvalue weighted by molar-refractivity contribution is 0.427. The lowest BCUT2D eigenvalue weighted by Crippen LogP contribution is -2.22. The van der Waals surface area contributed by atoms with E-state index in [9.17, 15) is 4.79 Å². The number of benzene rings is 1. The van der Waals surface area contributed by atoms with Crippen LogP contribution in [0.5, 0.6) is 0 Å². The van der Waals surface area contributed by atoms with E-state index in [-0.39, 0.29) is 11.6 Å². The van der Waals surface area contributed by atoms with Gasteiger partial charge in [-0.1, -0.05) is 35.1 Å². The van der Waals surface area contributed by atoms with Gasteiger partial charge in [-0.05, 0) is 36.4 Å². The van der Waals surface area contributed by atoms with Crippen LogP contribution >= 0.6 is 23.1 Å². The molecular formula is C19H15N3O2S2. The highest BCUT2D eigenvalue weighted by molar-refractivity contribution is 7.98. The van der Waals surface area contributed by atoms with Crippen molar-refractivity contribution < 1.29 is 4.52 Å². The topological polar surface area (TPSA) is 60.9 Å². The molecule has 26 heavy (non-hydrogen) atoms. The van der Waals surface area contributed by atoms with Gasteiger partial charge in [0.15, 0.2) is 10.9 Å². The Hall–Kier alpha value is -2.38. The van der Waals surface area contributed by atoms with Crippen LogP contribution in [0.4, 0.5) is 0 Å². The van der Waals surface area contributed by atoms with Crippen molar-refractivity contribution in [3.8, 4) is 10.6 Å². The number of hydrogen-bond donors (Lipinski definition) is 0. The zero-order chi connectivity index (χ0) is 17.5. The number of hydrogen-bond acceptors (Lipinski definition) is 6. The summed E-state index contributed by atoms with van der Waals surface area (Å²) >= 11 is 3.16. The van der Waals surface area contributed by atoms with Crippen LogP contribution in [0.3, 0.4) is 0 Å². The minimum Gasteiger partial charge on any atom is -0.355 e. The van der Waals surface area contributed by atoms with E-state index in [1.807, 2.05) is 52.4 Å². The first-order valence-corrected chi connectivity index (χ1v) is 10.3. The smallest absolute Gasteiger partial charge is 0.262 e. The minimum absolute atomic E-state index is 0.0556. The zero-order valence-corrected chi connectivity index (χ0v) is 15.4. The molecule has 0 bridgehead atoms. The van der Waals surface area contributed by atoms with E-state index in [1.165, 1.54) is 0 Å². The van der Waals surface area contributed by atoms with E-state index in [2.05, 4.69) is 5.16 Å². The number of aromatic nitrogens is 3. The molecule has 0 N–H and O–H groups in total. The number of thiophene rings is 1. The van der Waals surface area contributed by atoms with Gasteiger partial charge in [-0.2, -0.15) is 0 Å². The number of fused-ring (bicyclic) bond motifs is 1. The highest BCUT2D eigenvalue weighted by Crippen LogP contribution is 2.37. The maximum Gasteiger partial charge on any atom is 0.262 e. The average molecular weight is 381 g/mol. The molecule has 1 saturated carbocycles. The molecule has 0 spiro atoms. The molecule has 0 amide bonds. The SMILES string of the molecule is O=c1c2ccccc2nc(SCc2cc(-c3cccs3)on2)n1C1CC1. The third-order valence-electron chi connectivity index (χ3n) is 4.36. The van der Waals surface area contributed by atoms with Crippen molar-refractivity contribution in [1.29, 1.82) is 0 Å². The van der Waals surface area contributed by atoms with Gasteiger partial charge in [-0.15, -0.1) is 11.3 Å². The van der Waals surface area contributed by atoms with Gasteiger partial charge in [-0.3, -0.25) is 9.36 Å². The Labute approximate surface area is 157 Å². The van der Waals surface area contributed by atoms with E-state index < -0.39 is 0 Å². The molecule has 130 valence electrons. The van der Waals surface area contributed by atoms with Crippen molar-refractivity contribution in [2.45, 2.75) is 29.8 Å². The van der Waals surface area contributed by atoms with E-state index in [0.717, 1.165) is 39.8 Å². The van der Waals surface area contributed by atoms with E-state index in [0.29, 0.717) is 11.1 Å². The molecular weight excluding hydrogens is 366 g/mol. The van der Waals surface area contributed by atoms with Crippen LogP contribution in [0.15, 0.2) is 62.3 Å². The van der Waals surface area contributed by atoms with Crippen LogP contribution in [-0.4, -0.2) is 14.7 Å². The summed E-state index contributed by atoms with van der Waals surface area (Å²) in [6.07, 6.45) is 2.08. The second-order valence-electron chi connectivity index (χ2n) is 6.27. The molecule has 0 aliphatic heterocycles. The molecule has 7 heteroatoms. The van der Waals surface area contributed by atoms with Crippen molar-refractivity contribution in [2.75, 3.05) is 0 Å². The van der Waals surface area contributed by atoms with Crippen molar-refractivity contribution in [3.63, 3.8) is 0 Å². The largest absolute Gasteiger partial charge is 0.355 e. The fourth-order valence-electron chi connectivity index (χ4n) is 2.94. The molecule has 0 radical (unpaired) electrons. The average Bonchev–Trinajstić information content (AvgIpc) is 3.15. The quantitative estimate of drug-likeness (QED) is 0.369. The first-order valence-electron chi connectivity index (χ1n) is 8.43. The molecule has 1 fully saturated rings. The maximum atomic E-state index is 12.9. The van der Waals surface area contributed by atoms with Gasteiger partial charge in [0.1, 0.15) is 0 Å². The summed E-state index contributed by atoms with van der Waals surface area (Å²) in [6, 6.07) is 13.8. The number of nitrogens with zero attached hydrogens (tertiary/aromatic N) is 3. The summed E-state index contributed by atoms with van der Waals surface area (Å²) in [4.78, 5) is 18.7. The van der Waals surface area contributed by atoms with Gasteiger partial charge < -0.3 is 4.52 Å². The summed E-state index contributed by atoms with van der Waals surface area (Å²) in [5.74, 6) is 1.40. The van der Waals surface area contributed by atoms with Gasteiger partial charge in [0.25, 0.3) is 5.56 Å². The Morgan fingerprint density at radius 2 is 2.12 bits per heavy atom. The van der Waals surface area contributed by atoms with Crippen molar-refractivity contribution >= 4 is 34.0 Å². The molecule has 5 nitrogen and oxygen atoms in total. The lowest BCUT2D eigenvalue weighted by Gasteiger charge is -2.11. The molecule has 5 rings (SSSR count). The molecule has 1 aromatic carbocycles. The predicted molar refractivity (Wildman–Crippen MR) is 104 cm³/mol. The van der Waals surface area contributed by atoms with Crippen LogP contribution in [0.25, 0.3) is 21.5 Å². The fourth-order valence-corrected chi connectivity index (χ4v) is 4.56. The third-order valence-corrected chi connectivity index (χ3v) is 6.23. The Morgan fingerprint density at radius 3 is 2.92 bits per heavy atom. The number of rotatable bonds is 5. The van der Waals surface area contributed by atoms with Crippen LogP contribution < -0.4 is 5.56 Å². The summed E-state index contributed by atoms with van der Waals surface area (Å²) < 4.78 is 7.29. The third kappa shape index (κ3) is 2.87. The maximum absolute atomic E-state index is 12.9. The Kier molecular flexibility index (Phi) is 3.90. The summed E-state index contributed by atoms with van der Waals surface area (Å²) in [5, 5.41) is 7.62. The number of thioether (sulfide) groups is 1. The van der Waals surface area contributed by atoms with Crippen molar-refractivity contribution in [2.24, 2.45) is 0 Å². The second-order valence-corrected chi connectivity index (χ2v) is 8.16. The minimum atomic E-state index is 0.0556. The molecule has 3 aromatic heterocycles. The highest BCUT2D eigenvalue weighted by Gasteiger charge is 2.28. The molecule has 1 aliphatic carbocycles. The molecule has 0 unspecified atom stereocenters. The van der Waals surface area contributed by atoms with Crippen LogP contribution in [0.2, 0.25) is 0 Å². The summed E-state index contributed by atoms with van der Waals surface area (Å²) in [7, 11) is 0. The van der Waals surface area contributed by atoms with Gasteiger partial charge in [0.2, 0.25) is 0 Å². The van der Waals surface area contributed by atoms with Gasteiger partial charge in [0.05, 0.1) is 21.5 Å². The van der Waals surface area contributed by atoms with E-state index in [4.69, 9.17) is 9.51 Å². The molecule has 1 aliphatic rings. The first-order chi connectivity index (χ1) is 12.8. The monoisotopic (exact) mass is 381 g/mol. The molecule has 0 saturated heterocycles. The van der Waals surface area contributed by atoms with Gasteiger partial charge in [0, 0.05) is 17.9 Å². The van der Waals surface area contributed by atoms with Crippen molar-refractivity contribution in [3.05, 3.63) is 63.9 Å². The predicted octanol–water partition coefficient (Wildman–Crippen LogP) is 4.74. The summed E-state index contributed by atoms with van der Waals surface area (Å²) in [6.45, 7) is 0. The van der Waals surface area contributed by atoms with Gasteiger partial charge in [-0.25, -0.2) is 4.98 Å². The Morgan fingerprint density at radius 1 is 1.23 bits per heavy atom. The standard InChI is InChI=1S/C19H15N3O2S2/c23-18-14-4-1-2-5-15(14)20-19(22(18)13-7-8-13)26-11-12-10-16(24-21-12)17-6-3-9-25-17/h1-6,9-10,13H,7-8,11H2. The van der Waals surface area contributed by atoms with Crippen LogP contribution in [0.1, 0.15) is 24.6 Å². The Balaban J connectivity index is 1.46. The Bertz CT molecular complexity index is 1130. The van der Waals surface area contributed by atoms with Crippen LogP contribution in [-0.2, 0) is 5.75 Å². The fraction of sp³-hybridized carbons (Fsp3) is 0.211.